The average Bonchev–Trinajstić information content (AvgIpc) is 2.97. The van der Waals surface area contributed by atoms with Gasteiger partial charge in [0.15, 0.2) is 17.3 Å². The maximum absolute atomic E-state index is 13.8. The fraction of sp³-hybridized carbons (Fsp3) is 0.464. The molecule has 43 heavy (non-hydrogen) atoms. The third-order valence-corrected chi connectivity index (χ3v) is 7.45. The number of hydrogen-bond acceptors (Lipinski definition) is 15. The highest BCUT2D eigenvalue weighted by atomic mass is 16.7. The number of phenolic OH excluding ortho intramolecular Hbond substituents is 2. The Balaban J connectivity index is 1.62. The van der Waals surface area contributed by atoms with Gasteiger partial charge >= 0.3 is 0 Å². The smallest absolute Gasteiger partial charge is 0.239 e. The highest BCUT2D eigenvalue weighted by Crippen LogP contribution is 2.40. The standard InChI is InChI=1S/C28H32O15/c1-9-18(31)21(34)23(36)27(39-9)41-12-7-14(30)17-16(8-12)42-25(11-4-5-13(29)15(6-11)38-3)26(20(17)33)43-28-24(37)22(35)19(32)10(2)40-28/h4-10,18-19,21-24,27-32,34-37H,1-3H3/t9-,10+,18-,19-,21-,22-,23+,24-,27-,28-/m0/s1. The van der Waals surface area contributed by atoms with Crippen LogP contribution in [0.2, 0.25) is 0 Å². The maximum Gasteiger partial charge on any atom is 0.239 e. The van der Waals surface area contributed by atoms with Crippen molar-refractivity contribution in [2.45, 2.75) is 75.3 Å². The van der Waals surface area contributed by atoms with Crippen molar-refractivity contribution in [3.05, 3.63) is 40.6 Å². The van der Waals surface area contributed by atoms with Gasteiger partial charge < -0.3 is 69.0 Å². The topological polar surface area (TPSA) is 238 Å². The van der Waals surface area contributed by atoms with E-state index in [2.05, 4.69) is 0 Å². The minimum atomic E-state index is -1.79. The minimum Gasteiger partial charge on any atom is -0.507 e. The monoisotopic (exact) mass is 608 g/mol. The first-order valence-electron chi connectivity index (χ1n) is 13.3. The lowest BCUT2D eigenvalue weighted by atomic mass is 10.00. The molecule has 3 heterocycles. The molecule has 2 saturated heterocycles. The second-order valence-electron chi connectivity index (χ2n) is 10.4. The lowest BCUT2D eigenvalue weighted by molar-refractivity contribution is -0.268. The van der Waals surface area contributed by atoms with Crippen LogP contribution in [0.15, 0.2) is 39.5 Å². The summed E-state index contributed by atoms with van der Waals surface area (Å²) in [4.78, 5) is 13.8. The van der Waals surface area contributed by atoms with Gasteiger partial charge in [-0.25, -0.2) is 0 Å². The molecule has 2 aliphatic rings. The number of hydrogen-bond donors (Lipinski definition) is 8. The van der Waals surface area contributed by atoms with Crippen LogP contribution in [0.1, 0.15) is 13.8 Å². The van der Waals surface area contributed by atoms with E-state index >= 15 is 0 Å². The summed E-state index contributed by atoms with van der Waals surface area (Å²) in [5.41, 5.74) is -1.02. The maximum atomic E-state index is 13.8. The van der Waals surface area contributed by atoms with Crippen LogP contribution in [0, 0.1) is 0 Å². The van der Waals surface area contributed by atoms with Gasteiger partial charge in [-0.2, -0.15) is 0 Å². The van der Waals surface area contributed by atoms with Gasteiger partial charge in [-0.15, -0.1) is 0 Å². The van der Waals surface area contributed by atoms with Crippen LogP contribution in [0.25, 0.3) is 22.3 Å². The fourth-order valence-corrected chi connectivity index (χ4v) is 4.91. The molecule has 5 rings (SSSR count). The Morgan fingerprint density at radius 2 is 1.30 bits per heavy atom. The third kappa shape index (κ3) is 5.57. The van der Waals surface area contributed by atoms with Crippen LogP contribution in [0.5, 0.6) is 28.7 Å². The van der Waals surface area contributed by atoms with Gasteiger partial charge in [0.2, 0.25) is 23.8 Å². The zero-order chi connectivity index (χ0) is 31.3. The number of aromatic hydroxyl groups is 2. The van der Waals surface area contributed by atoms with Gasteiger partial charge in [-0.3, -0.25) is 4.79 Å². The molecule has 1 aromatic heterocycles. The molecule has 15 nitrogen and oxygen atoms in total. The molecule has 2 aromatic carbocycles. The van der Waals surface area contributed by atoms with E-state index in [4.69, 9.17) is 28.1 Å². The third-order valence-electron chi connectivity index (χ3n) is 7.45. The summed E-state index contributed by atoms with van der Waals surface area (Å²) in [5.74, 6) is -1.83. The molecule has 0 saturated carbocycles. The largest absolute Gasteiger partial charge is 0.507 e. The molecule has 0 spiro atoms. The number of aliphatic hydroxyl groups excluding tert-OH is 6. The molecule has 8 N–H and O–H groups in total. The lowest BCUT2D eigenvalue weighted by Crippen LogP contribution is -2.58. The van der Waals surface area contributed by atoms with Gasteiger partial charge in [-0.05, 0) is 32.0 Å². The molecule has 0 aliphatic carbocycles. The van der Waals surface area contributed by atoms with Gasteiger partial charge in [0.1, 0.15) is 59.1 Å². The fourth-order valence-electron chi connectivity index (χ4n) is 4.91. The summed E-state index contributed by atoms with van der Waals surface area (Å²) in [5, 5.41) is 81.8. The van der Waals surface area contributed by atoms with Gasteiger partial charge in [0, 0.05) is 17.7 Å². The Morgan fingerprint density at radius 1 is 0.721 bits per heavy atom. The number of fused-ring (bicyclic) bond motifs is 1. The molecule has 2 aliphatic heterocycles. The first kappa shape index (κ1) is 30.8. The quantitative estimate of drug-likeness (QED) is 0.173. The Morgan fingerprint density at radius 3 is 1.88 bits per heavy atom. The molecule has 234 valence electrons. The summed E-state index contributed by atoms with van der Waals surface area (Å²) in [6, 6.07) is 6.18. The van der Waals surface area contributed by atoms with Gasteiger partial charge in [0.25, 0.3) is 0 Å². The van der Waals surface area contributed by atoms with Gasteiger partial charge in [-0.1, -0.05) is 0 Å². The first-order valence-corrected chi connectivity index (χ1v) is 13.3. The first-order chi connectivity index (χ1) is 20.3. The molecule has 0 bridgehead atoms. The highest BCUT2D eigenvalue weighted by Gasteiger charge is 2.45. The van der Waals surface area contributed by atoms with Crippen molar-refractivity contribution < 1.29 is 69.0 Å². The Kier molecular flexibility index (Phi) is 8.43. The van der Waals surface area contributed by atoms with E-state index < -0.39 is 78.3 Å². The van der Waals surface area contributed by atoms with E-state index in [0.717, 1.165) is 6.07 Å². The number of ether oxygens (including phenoxy) is 5. The zero-order valence-electron chi connectivity index (χ0n) is 23.1. The summed E-state index contributed by atoms with van der Waals surface area (Å²) in [7, 11) is 1.30. The van der Waals surface area contributed by atoms with Crippen molar-refractivity contribution in [1.29, 1.82) is 0 Å². The number of phenols is 2. The summed E-state index contributed by atoms with van der Waals surface area (Å²) in [6.07, 6.45) is -14.5. The number of methoxy groups -OCH3 is 1. The molecule has 2 fully saturated rings. The van der Waals surface area contributed by atoms with Crippen molar-refractivity contribution in [2.75, 3.05) is 7.11 Å². The Labute approximate surface area is 243 Å². The highest BCUT2D eigenvalue weighted by molar-refractivity contribution is 5.88. The minimum absolute atomic E-state index is 0.00513. The number of rotatable bonds is 6. The molecule has 3 aromatic rings. The van der Waals surface area contributed by atoms with Crippen LogP contribution in [-0.2, 0) is 9.47 Å². The molecular weight excluding hydrogens is 576 g/mol. The van der Waals surface area contributed by atoms with Crippen LogP contribution >= 0.6 is 0 Å². The van der Waals surface area contributed by atoms with Crippen molar-refractivity contribution >= 4 is 11.0 Å². The van der Waals surface area contributed by atoms with E-state index in [-0.39, 0.29) is 39.5 Å². The SMILES string of the molecule is COc1cc(-c2oc3cc(O[C@@H]4O[C@@H](C)[C@H](O)[C@H](O)[C@H]4O)cc(O)c3c(=O)c2O[C@@H]2O[C@H](C)[C@H](O)[C@H](O)[C@@H]2O)ccc1O. The predicted molar refractivity (Wildman–Crippen MR) is 144 cm³/mol. The molecule has 10 atom stereocenters. The van der Waals surface area contributed by atoms with Crippen molar-refractivity contribution in [3.8, 4) is 40.1 Å². The molecule has 0 radical (unpaired) electrons. The summed E-state index contributed by atoms with van der Waals surface area (Å²) in [6.45, 7) is 2.88. The summed E-state index contributed by atoms with van der Waals surface area (Å²) >= 11 is 0. The molecule has 0 amide bonds. The van der Waals surface area contributed by atoms with E-state index in [0.29, 0.717) is 0 Å². The molecule has 0 unspecified atom stereocenters. The second kappa shape index (κ2) is 11.8. The van der Waals surface area contributed by atoms with E-state index in [1.807, 2.05) is 0 Å². The number of benzene rings is 2. The van der Waals surface area contributed by atoms with Gasteiger partial charge in [0.05, 0.1) is 19.3 Å². The number of aliphatic hydroxyl groups is 6. The predicted octanol–water partition coefficient (Wildman–Crippen LogP) is -0.708. The average molecular weight is 609 g/mol. The lowest BCUT2D eigenvalue weighted by Gasteiger charge is -2.39. The Bertz CT molecular complexity index is 1540. The van der Waals surface area contributed by atoms with Crippen LogP contribution in [0.4, 0.5) is 0 Å². The Hall–Kier alpha value is -3.67. The van der Waals surface area contributed by atoms with Crippen LogP contribution in [-0.4, -0.2) is 109 Å². The van der Waals surface area contributed by atoms with Crippen molar-refractivity contribution in [2.24, 2.45) is 0 Å². The van der Waals surface area contributed by atoms with E-state index in [1.54, 1.807) is 0 Å². The second-order valence-corrected chi connectivity index (χ2v) is 10.4. The van der Waals surface area contributed by atoms with Crippen molar-refractivity contribution in [3.63, 3.8) is 0 Å². The van der Waals surface area contributed by atoms with E-state index in [9.17, 15) is 45.6 Å². The van der Waals surface area contributed by atoms with Crippen LogP contribution < -0.4 is 19.6 Å². The summed E-state index contributed by atoms with van der Waals surface area (Å²) < 4.78 is 33.5. The normalized spacial score (nSPS) is 32.9. The van der Waals surface area contributed by atoms with E-state index in [1.165, 1.54) is 45.2 Å². The van der Waals surface area contributed by atoms with Crippen molar-refractivity contribution in [1.82, 2.24) is 0 Å². The molecular formula is C28H32O15. The molecule has 15 heteroatoms. The zero-order valence-corrected chi connectivity index (χ0v) is 23.1. The van der Waals surface area contributed by atoms with Crippen LogP contribution in [0.3, 0.4) is 0 Å².